The van der Waals surface area contributed by atoms with Gasteiger partial charge in [0.2, 0.25) is 15.9 Å². The lowest BCUT2D eigenvalue weighted by Crippen LogP contribution is -2.49. The molecule has 7 heteroatoms. The van der Waals surface area contributed by atoms with Gasteiger partial charge < -0.3 is 5.32 Å². The van der Waals surface area contributed by atoms with Gasteiger partial charge in [0.05, 0.1) is 12.3 Å². The molecule has 0 aromatic carbocycles. The van der Waals surface area contributed by atoms with Gasteiger partial charge in [0.15, 0.2) is 0 Å². The maximum atomic E-state index is 12.3. The molecule has 0 aromatic rings. The molecule has 6 nitrogen and oxygen atoms in total. The zero-order valence-corrected chi connectivity index (χ0v) is 15.1. The first-order valence-electron chi connectivity index (χ1n) is 8.77. The monoisotopic (exact) mass is 345 g/mol. The molecule has 4 atom stereocenters. The SMILES string of the molecule is C[C@H]1[C@H](C)CCC[C@@H]1NC(=O)CN1CCC[C@H](CS(N)(=O)=O)C1. The highest BCUT2D eigenvalue weighted by molar-refractivity contribution is 7.89. The summed E-state index contributed by atoms with van der Waals surface area (Å²) in [6, 6.07) is 0.274. The van der Waals surface area contributed by atoms with Crippen molar-refractivity contribution >= 4 is 15.9 Å². The lowest BCUT2D eigenvalue weighted by atomic mass is 9.78. The third kappa shape index (κ3) is 6.04. The van der Waals surface area contributed by atoms with Crippen LogP contribution >= 0.6 is 0 Å². The summed E-state index contributed by atoms with van der Waals surface area (Å²) in [6.07, 6.45) is 5.27. The van der Waals surface area contributed by atoms with Crippen LogP contribution in [0.3, 0.4) is 0 Å². The predicted molar refractivity (Wildman–Crippen MR) is 91.2 cm³/mol. The topological polar surface area (TPSA) is 92.5 Å². The second-order valence-electron chi connectivity index (χ2n) is 7.51. The number of nitrogens with two attached hydrogens (primary N) is 1. The minimum atomic E-state index is -3.44. The van der Waals surface area contributed by atoms with Crippen LogP contribution < -0.4 is 10.5 Å². The zero-order chi connectivity index (χ0) is 17.0. The number of rotatable bonds is 5. The van der Waals surface area contributed by atoms with Gasteiger partial charge in [0.1, 0.15) is 0 Å². The van der Waals surface area contributed by atoms with E-state index in [1.165, 1.54) is 12.8 Å². The molecule has 1 aliphatic carbocycles. The Labute approximate surface area is 140 Å². The van der Waals surface area contributed by atoms with E-state index in [2.05, 4.69) is 24.1 Å². The fourth-order valence-electron chi connectivity index (χ4n) is 4.00. The second kappa shape index (κ2) is 7.94. The number of piperidine rings is 1. The van der Waals surface area contributed by atoms with Crippen molar-refractivity contribution in [2.24, 2.45) is 22.9 Å². The van der Waals surface area contributed by atoms with Gasteiger partial charge in [-0.2, -0.15) is 0 Å². The molecule has 2 rings (SSSR count). The average molecular weight is 346 g/mol. The largest absolute Gasteiger partial charge is 0.352 e. The van der Waals surface area contributed by atoms with Gasteiger partial charge in [0, 0.05) is 12.6 Å². The lowest BCUT2D eigenvalue weighted by Gasteiger charge is -2.36. The number of nitrogens with zero attached hydrogens (tertiary/aromatic N) is 1. The van der Waals surface area contributed by atoms with Gasteiger partial charge >= 0.3 is 0 Å². The average Bonchev–Trinajstić information content (AvgIpc) is 2.42. The lowest BCUT2D eigenvalue weighted by molar-refractivity contribution is -0.124. The van der Waals surface area contributed by atoms with Crippen LogP contribution in [0.25, 0.3) is 0 Å². The van der Waals surface area contributed by atoms with E-state index in [-0.39, 0.29) is 23.6 Å². The zero-order valence-electron chi connectivity index (χ0n) is 14.3. The normalized spacial score (nSPS) is 33.3. The third-order valence-corrected chi connectivity index (χ3v) is 6.43. The molecule has 1 saturated heterocycles. The summed E-state index contributed by atoms with van der Waals surface area (Å²) in [5.74, 6) is 1.29. The fraction of sp³-hybridized carbons (Fsp3) is 0.938. The van der Waals surface area contributed by atoms with E-state index in [1.54, 1.807) is 0 Å². The van der Waals surface area contributed by atoms with Gasteiger partial charge in [-0.15, -0.1) is 0 Å². The van der Waals surface area contributed by atoms with Crippen molar-refractivity contribution in [3.63, 3.8) is 0 Å². The Morgan fingerprint density at radius 1 is 1.22 bits per heavy atom. The second-order valence-corrected chi connectivity index (χ2v) is 9.17. The van der Waals surface area contributed by atoms with Crippen molar-refractivity contribution in [3.05, 3.63) is 0 Å². The van der Waals surface area contributed by atoms with Crippen molar-refractivity contribution < 1.29 is 13.2 Å². The van der Waals surface area contributed by atoms with E-state index < -0.39 is 10.0 Å². The van der Waals surface area contributed by atoms with Crippen LogP contribution in [-0.2, 0) is 14.8 Å². The van der Waals surface area contributed by atoms with E-state index in [0.717, 1.165) is 25.8 Å². The highest BCUT2D eigenvalue weighted by atomic mass is 32.2. The Kier molecular flexibility index (Phi) is 6.45. The van der Waals surface area contributed by atoms with Gasteiger partial charge in [-0.3, -0.25) is 9.69 Å². The van der Waals surface area contributed by atoms with E-state index >= 15 is 0 Å². The molecule has 1 heterocycles. The van der Waals surface area contributed by atoms with Gasteiger partial charge in [0.25, 0.3) is 0 Å². The molecule has 0 bridgehead atoms. The molecule has 0 aromatic heterocycles. The first-order chi connectivity index (χ1) is 10.7. The van der Waals surface area contributed by atoms with Crippen LogP contribution in [0.15, 0.2) is 0 Å². The van der Waals surface area contributed by atoms with Gasteiger partial charge in [-0.25, -0.2) is 13.6 Å². The highest BCUT2D eigenvalue weighted by Gasteiger charge is 2.29. The van der Waals surface area contributed by atoms with Crippen molar-refractivity contribution in [1.29, 1.82) is 0 Å². The summed E-state index contributed by atoms with van der Waals surface area (Å²) < 4.78 is 22.5. The molecular weight excluding hydrogens is 314 g/mol. The van der Waals surface area contributed by atoms with Crippen LogP contribution in [0.2, 0.25) is 0 Å². The first-order valence-corrected chi connectivity index (χ1v) is 10.5. The molecule has 2 fully saturated rings. The molecule has 1 amide bonds. The highest BCUT2D eigenvalue weighted by Crippen LogP contribution is 2.29. The van der Waals surface area contributed by atoms with Crippen molar-refractivity contribution in [3.8, 4) is 0 Å². The Hall–Kier alpha value is -0.660. The fourth-order valence-corrected chi connectivity index (χ4v) is 4.93. The molecule has 0 unspecified atom stereocenters. The molecule has 1 aliphatic heterocycles. The Bertz CT molecular complexity index is 509. The number of likely N-dealkylation sites (tertiary alicyclic amines) is 1. The minimum Gasteiger partial charge on any atom is -0.352 e. The third-order valence-electron chi connectivity index (χ3n) is 5.49. The molecule has 1 saturated carbocycles. The molecule has 134 valence electrons. The summed E-state index contributed by atoms with van der Waals surface area (Å²) in [5, 5.41) is 8.33. The minimum absolute atomic E-state index is 0.0162. The Balaban J connectivity index is 1.80. The van der Waals surface area contributed by atoms with Crippen LogP contribution in [0.1, 0.15) is 46.0 Å². The molecule has 0 radical (unpaired) electrons. The summed E-state index contributed by atoms with van der Waals surface area (Å²) >= 11 is 0. The number of amides is 1. The van der Waals surface area contributed by atoms with E-state index in [1.807, 2.05) is 0 Å². The summed E-state index contributed by atoms with van der Waals surface area (Å²) in [4.78, 5) is 14.4. The number of sulfonamides is 1. The van der Waals surface area contributed by atoms with Gasteiger partial charge in [-0.1, -0.05) is 26.7 Å². The number of hydrogen-bond acceptors (Lipinski definition) is 4. The maximum Gasteiger partial charge on any atom is 0.234 e. The quantitative estimate of drug-likeness (QED) is 0.775. The Morgan fingerprint density at radius 3 is 2.65 bits per heavy atom. The molecule has 2 aliphatic rings. The number of carbonyl (C=O) groups excluding carboxylic acids is 1. The molecule has 23 heavy (non-hydrogen) atoms. The van der Waals surface area contributed by atoms with Crippen LogP contribution in [0, 0.1) is 17.8 Å². The van der Waals surface area contributed by atoms with Crippen LogP contribution in [0.5, 0.6) is 0 Å². The van der Waals surface area contributed by atoms with Crippen molar-refractivity contribution in [2.45, 2.75) is 52.0 Å². The molecule has 3 N–H and O–H groups in total. The number of nitrogens with one attached hydrogen (secondary N) is 1. The Morgan fingerprint density at radius 2 is 1.96 bits per heavy atom. The van der Waals surface area contributed by atoms with E-state index in [0.29, 0.717) is 24.9 Å². The van der Waals surface area contributed by atoms with Crippen molar-refractivity contribution in [2.75, 3.05) is 25.4 Å². The number of hydrogen-bond donors (Lipinski definition) is 2. The molecule has 0 spiro atoms. The number of primary sulfonamides is 1. The first kappa shape index (κ1) is 18.7. The number of carbonyl (C=O) groups is 1. The van der Waals surface area contributed by atoms with Crippen molar-refractivity contribution in [1.82, 2.24) is 10.2 Å². The molecular formula is C16H31N3O3S. The van der Waals surface area contributed by atoms with E-state index in [9.17, 15) is 13.2 Å². The maximum absolute atomic E-state index is 12.3. The van der Waals surface area contributed by atoms with Crippen LogP contribution in [-0.4, -0.2) is 50.7 Å². The van der Waals surface area contributed by atoms with Gasteiger partial charge in [-0.05, 0) is 43.6 Å². The smallest absolute Gasteiger partial charge is 0.234 e. The van der Waals surface area contributed by atoms with E-state index in [4.69, 9.17) is 5.14 Å². The standard InChI is InChI=1S/C16H31N3O3S/c1-12-5-3-7-15(13(12)2)18-16(20)10-19-8-4-6-14(9-19)11-23(17,21)22/h12-15H,3-11H2,1-2H3,(H,18,20)(H2,17,21,22)/t12-,13+,14+,15+/m1/s1. The summed E-state index contributed by atoms with van der Waals surface area (Å²) in [6.45, 7) is 6.33. The van der Waals surface area contributed by atoms with Crippen LogP contribution in [0.4, 0.5) is 0 Å². The summed E-state index contributed by atoms with van der Waals surface area (Å²) in [5.41, 5.74) is 0. The predicted octanol–water partition coefficient (Wildman–Crippen LogP) is 0.928. The summed E-state index contributed by atoms with van der Waals surface area (Å²) in [7, 11) is -3.44.